The van der Waals surface area contributed by atoms with Crippen molar-refractivity contribution in [3.05, 3.63) is 63.3 Å². The minimum atomic E-state index is -0.890. The van der Waals surface area contributed by atoms with Gasteiger partial charge in [0.25, 0.3) is 5.56 Å². The average molecular weight is 455 g/mol. The maximum atomic E-state index is 12.6. The van der Waals surface area contributed by atoms with Gasteiger partial charge in [0, 0.05) is 17.7 Å². The normalized spacial score (nSPS) is 13.5. The zero-order valence-electron chi connectivity index (χ0n) is 18.2. The fourth-order valence-electron chi connectivity index (χ4n) is 3.51. The van der Waals surface area contributed by atoms with Crippen LogP contribution in [0.15, 0.2) is 57.2 Å². The largest absolute Gasteiger partial charge is 0.490 e. The lowest BCUT2D eigenvalue weighted by atomic mass is 10.1. The van der Waals surface area contributed by atoms with Crippen LogP contribution in [0.2, 0.25) is 0 Å². The number of imidazole rings is 1. The Bertz CT molecular complexity index is 1370. The van der Waals surface area contributed by atoms with Gasteiger partial charge in [0.05, 0.1) is 6.54 Å². The van der Waals surface area contributed by atoms with Crippen molar-refractivity contribution < 1.29 is 9.84 Å². The van der Waals surface area contributed by atoms with Crippen LogP contribution in [0.25, 0.3) is 21.9 Å². The van der Waals surface area contributed by atoms with Gasteiger partial charge in [0.15, 0.2) is 16.3 Å². The number of ether oxygens (including phenoxy) is 1. The van der Waals surface area contributed by atoms with Crippen molar-refractivity contribution in [3.63, 3.8) is 0 Å². The van der Waals surface area contributed by atoms with Crippen molar-refractivity contribution >= 4 is 33.7 Å². The number of aromatic amines is 1. The molecule has 0 saturated carbocycles. The lowest BCUT2D eigenvalue weighted by Gasteiger charge is -2.17. The van der Waals surface area contributed by atoms with Gasteiger partial charge in [-0.3, -0.25) is 14.3 Å². The Morgan fingerprint density at radius 2 is 1.94 bits per heavy atom. The Morgan fingerprint density at radius 1 is 1.19 bits per heavy atom. The third-order valence-electron chi connectivity index (χ3n) is 5.43. The summed E-state index contributed by atoms with van der Waals surface area (Å²) in [5.41, 5.74) is -0.477. The van der Waals surface area contributed by atoms with Gasteiger partial charge < -0.3 is 14.4 Å². The number of nitrogens with one attached hydrogen (secondary N) is 1. The van der Waals surface area contributed by atoms with Crippen LogP contribution in [0.3, 0.4) is 0 Å². The molecule has 0 radical (unpaired) electrons. The Balaban J connectivity index is 1.63. The Kier molecular flexibility index (Phi) is 6.38. The number of aliphatic hydroxyl groups excluding tert-OH is 1. The van der Waals surface area contributed by atoms with Crippen molar-refractivity contribution in [1.82, 2.24) is 19.1 Å². The molecule has 2 atom stereocenters. The Morgan fingerprint density at radius 3 is 2.72 bits per heavy atom. The van der Waals surface area contributed by atoms with Crippen molar-refractivity contribution in [2.75, 3.05) is 6.61 Å². The van der Waals surface area contributed by atoms with E-state index in [1.165, 1.54) is 16.3 Å². The molecule has 4 aromatic rings. The van der Waals surface area contributed by atoms with Crippen LogP contribution in [0.4, 0.5) is 0 Å². The quantitative estimate of drug-likeness (QED) is 0.397. The molecule has 0 bridgehead atoms. The molecule has 2 aromatic carbocycles. The lowest BCUT2D eigenvalue weighted by Crippen LogP contribution is -2.30. The number of aliphatic hydroxyl groups is 1. The van der Waals surface area contributed by atoms with Crippen LogP contribution < -0.4 is 16.0 Å². The molecule has 0 aliphatic rings. The van der Waals surface area contributed by atoms with Gasteiger partial charge in [-0.15, -0.1) is 0 Å². The first-order valence-electron chi connectivity index (χ1n) is 10.5. The molecule has 4 rings (SSSR count). The molecule has 8 nitrogen and oxygen atoms in total. The summed E-state index contributed by atoms with van der Waals surface area (Å²) in [6.07, 6.45) is 0.0231. The molecule has 0 amide bonds. The summed E-state index contributed by atoms with van der Waals surface area (Å²) < 4.78 is 8.92. The second kappa shape index (κ2) is 9.22. The average Bonchev–Trinajstić information content (AvgIpc) is 3.14. The van der Waals surface area contributed by atoms with E-state index in [0.717, 1.165) is 17.2 Å². The van der Waals surface area contributed by atoms with E-state index in [0.29, 0.717) is 16.6 Å². The van der Waals surface area contributed by atoms with Crippen LogP contribution in [-0.4, -0.2) is 42.2 Å². The highest BCUT2D eigenvalue weighted by Crippen LogP contribution is 2.28. The third kappa shape index (κ3) is 4.31. The molecule has 9 heteroatoms. The summed E-state index contributed by atoms with van der Waals surface area (Å²) in [6, 6.07) is 13.7. The number of H-pyrrole nitrogens is 1. The summed E-state index contributed by atoms with van der Waals surface area (Å²) in [7, 11) is 1.57. The second-order valence-electron chi connectivity index (χ2n) is 7.77. The minimum Gasteiger partial charge on any atom is -0.490 e. The van der Waals surface area contributed by atoms with E-state index < -0.39 is 17.4 Å². The van der Waals surface area contributed by atoms with Crippen LogP contribution in [0.5, 0.6) is 5.75 Å². The van der Waals surface area contributed by atoms with Crippen molar-refractivity contribution in [2.24, 2.45) is 7.05 Å². The number of fused-ring (bicyclic) bond motifs is 2. The number of nitrogens with zero attached hydrogens (tertiary/aromatic N) is 3. The molecule has 0 fully saturated rings. The summed E-state index contributed by atoms with van der Waals surface area (Å²) in [6.45, 7) is 4.30. The van der Waals surface area contributed by atoms with Gasteiger partial charge >= 0.3 is 5.69 Å². The molecule has 0 saturated heterocycles. The highest BCUT2D eigenvalue weighted by Gasteiger charge is 2.21. The number of aryl methyl sites for hydroxylation is 1. The highest BCUT2D eigenvalue weighted by atomic mass is 32.2. The molecule has 0 unspecified atom stereocenters. The van der Waals surface area contributed by atoms with Gasteiger partial charge in [-0.2, -0.15) is 0 Å². The van der Waals surface area contributed by atoms with E-state index in [9.17, 15) is 14.7 Å². The smallest absolute Gasteiger partial charge is 0.329 e. The van der Waals surface area contributed by atoms with E-state index in [-0.39, 0.29) is 23.9 Å². The number of hydrogen-bond acceptors (Lipinski definition) is 6. The zero-order chi connectivity index (χ0) is 22.8. The fraction of sp³-hybridized carbons (Fsp3) is 0.348. The molecule has 2 heterocycles. The summed E-state index contributed by atoms with van der Waals surface area (Å²) >= 11 is 1.51. The van der Waals surface area contributed by atoms with Crippen LogP contribution >= 0.6 is 11.8 Å². The number of aromatic nitrogens is 4. The van der Waals surface area contributed by atoms with Crippen molar-refractivity contribution in [1.29, 1.82) is 0 Å². The predicted octanol–water partition coefficient (Wildman–Crippen LogP) is 2.91. The van der Waals surface area contributed by atoms with Crippen molar-refractivity contribution in [3.8, 4) is 5.75 Å². The van der Waals surface area contributed by atoms with Crippen LogP contribution in [-0.2, 0) is 13.6 Å². The molecular formula is C23H26N4O4S. The SMILES string of the molecule is CC[C@H](C)Sc1nc2c(c(=O)[nH]c(=O)n2C)n1C[C@@H](O)COc1cccc2ccccc12. The third-order valence-corrected chi connectivity index (χ3v) is 6.69. The number of thioether (sulfide) groups is 1. The van der Waals surface area contributed by atoms with Gasteiger partial charge in [-0.05, 0) is 17.9 Å². The maximum Gasteiger partial charge on any atom is 0.329 e. The highest BCUT2D eigenvalue weighted by molar-refractivity contribution is 7.99. The van der Waals surface area contributed by atoms with E-state index in [1.54, 1.807) is 11.6 Å². The molecule has 2 N–H and O–H groups in total. The molecule has 32 heavy (non-hydrogen) atoms. The first-order chi connectivity index (χ1) is 15.4. The van der Waals surface area contributed by atoms with Crippen LogP contribution in [0.1, 0.15) is 20.3 Å². The molecule has 168 valence electrons. The standard InChI is InChI=1S/C23H26N4O4S/c1-4-14(2)32-23-24-20-19(21(29)25-22(30)26(20)3)27(23)12-16(28)13-31-18-11-7-9-15-8-5-6-10-17(15)18/h5-11,14,16,28H,4,12-13H2,1-3H3,(H,25,29,30)/t14-,16+/m0/s1. The van der Waals surface area contributed by atoms with Gasteiger partial charge in [0.1, 0.15) is 18.5 Å². The second-order valence-corrected chi connectivity index (χ2v) is 9.18. The summed E-state index contributed by atoms with van der Waals surface area (Å²) in [5, 5.41) is 13.6. The number of benzene rings is 2. The van der Waals surface area contributed by atoms with Gasteiger partial charge in [0.2, 0.25) is 0 Å². The van der Waals surface area contributed by atoms with Crippen molar-refractivity contribution in [2.45, 2.75) is 43.3 Å². The molecule has 2 aromatic heterocycles. The Hall–Kier alpha value is -3.04. The number of hydrogen-bond donors (Lipinski definition) is 2. The zero-order valence-corrected chi connectivity index (χ0v) is 19.1. The van der Waals surface area contributed by atoms with Gasteiger partial charge in [-0.1, -0.05) is 62.0 Å². The van der Waals surface area contributed by atoms with E-state index in [2.05, 4.69) is 23.8 Å². The first-order valence-corrected chi connectivity index (χ1v) is 11.4. The van der Waals surface area contributed by atoms with Crippen LogP contribution in [0, 0.1) is 0 Å². The first kappa shape index (κ1) is 22.2. The lowest BCUT2D eigenvalue weighted by molar-refractivity contribution is 0.0921. The Labute approximate surface area is 188 Å². The van der Waals surface area contributed by atoms with Gasteiger partial charge in [-0.25, -0.2) is 9.78 Å². The predicted molar refractivity (Wildman–Crippen MR) is 127 cm³/mol. The molecular weight excluding hydrogens is 428 g/mol. The fourth-order valence-corrected chi connectivity index (χ4v) is 4.47. The molecule has 0 spiro atoms. The maximum absolute atomic E-state index is 12.6. The minimum absolute atomic E-state index is 0.0464. The molecule has 0 aliphatic carbocycles. The number of rotatable bonds is 8. The molecule has 0 aliphatic heterocycles. The monoisotopic (exact) mass is 454 g/mol. The summed E-state index contributed by atoms with van der Waals surface area (Å²) in [4.78, 5) is 31.5. The van der Waals surface area contributed by atoms with E-state index in [4.69, 9.17) is 4.74 Å². The van der Waals surface area contributed by atoms with E-state index in [1.807, 2.05) is 42.5 Å². The summed E-state index contributed by atoms with van der Waals surface area (Å²) in [5.74, 6) is 0.687. The topological polar surface area (TPSA) is 102 Å². The van der Waals surface area contributed by atoms with E-state index >= 15 is 0 Å².